The summed E-state index contributed by atoms with van der Waals surface area (Å²) < 4.78 is 14.8. The number of thiophene rings is 2. The Hall–Kier alpha value is -1.76. The number of aryl methyl sites for hydroxylation is 1. The number of fused-ring (bicyclic) bond motifs is 2. The van der Waals surface area contributed by atoms with Gasteiger partial charge in [0.1, 0.15) is 5.82 Å². The fourth-order valence-electron chi connectivity index (χ4n) is 3.38. The summed E-state index contributed by atoms with van der Waals surface area (Å²) in [4.78, 5) is 17.0. The van der Waals surface area contributed by atoms with Crippen LogP contribution in [-0.4, -0.2) is 30.4 Å². The van der Waals surface area contributed by atoms with Crippen LogP contribution in [0, 0.1) is 12.7 Å². The van der Waals surface area contributed by atoms with Gasteiger partial charge in [-0.3, -0.25) is 9.69 Å². The summed E-state index contributed by atoms with van der Waals surface area (Å²) in [5.41, 5.74) is 2.15. The van der Waals surface area contributed by atoms with Crippen LogP contribution in [0.4, 0.5) is 4.39 Å². The van der Waals surface area contributed by atoms with Crippen LogP contribution >= 0.6 is 22.7 Å². The van der Waals surface area contributed by atoms with Crippen molar-refractivity contribution < 1.29 is 9.18 Å². The van der Waals surface area contributed by atoms with Crippen molar-refractivity contribution in [3.05, 3.63) is 56.3 Å². The highest BCUT2D eigenvalue weighted by atomic mass is 32.1. The predicted octanol–water partition coefficient (Wildman–Crippen LogP) is 4.20. The van der Waals surface area contributed by atoms with Crippen LogP contribution in [0.1, 0.15) is 25.7 Å². The van der Waals surface area contributed by atoms with Gasteiger partial charge in [0.25, 0.3) is 5.91 Å². The monoisotopic (exact) mass is 374 g/mol. The smallest absolute Gasteiger partial charge is 0.261 e. The maximum Gasteiger partial charge on any atom is 0.261 e. The molecule has 0 atom stereocenters. The Bertz CT molecular complexity index is 931. The first-order valence-corrected chi connectivity index (χ1v) is 10.1. The Kier molecular flexibility index (Phi) is 4.58. The number of nitrogens with zero attached hydrogens (tertiary/aromatic N) is 1. The normalized spacial score (nSPS) is 14.6. The molecule has 0 unspecified atom stereocenters. The number of amides is 1. The molecule has 1 aliphatic rings. The molecule has 2 aromatic heterocycles. The van der Waals surface area contributed by atoms with Crippen LogP contribution in [0.15, 0.2) is 29.6 Å². The van der Waals surface area contributed by atoms with Gasteiger partial charge in [0, 0.05) is 41.1 Å². The predicted molar refractivity (Wildman–Crippen MR) is 102 cm³/mol. The largest absolute Gasteiger partial charge is 0.350 e. The maximum atomic E-state index is 14.0. The molecule has 0 bridgehead atoms. The van der Waals surface area contributed by atoms with E-state index in [-0.39, 0.29) is 11.7 Å². The number of carbonyl (C=O) groups excluding carboxylic acids is 1. The minimum Gasteiger partial charge on any atom is -0.350 e. The molecule has 0 aliphatic carbocycles. The molecule has 1 N–H and O–H groups in total. The third kappa shape index (κ3) is 3.21. The van der Waals surface area contributed by atoms with E-state index in [0.29, 0.717) is 16.8 Å². The molecule has 3 heterocycles. The number of carbonyl (C=O) groups is 1. The lowest BCUT2D eigenvalue weighted by atomic mass is 10.1. The third-order valence-electron chi connectivity index (χ3n) is 4.71. The highest BCUT2D eigenvalue weighted by Gasteiger charge is 2.19. The summed E-state index contributed by atoms with van der Waals surface area (Å²) in [6.45, 7) is 5.26. The molecule has 0 radical (unpaired) electrons. The number of nitrogens with one attached hydrogen (secondary N) is 1. The Morgan fingerprint density at radius 3 is 3.08 bits per heavy atom. The summed E-state index contributed by atoms with van der Waals surface area (Å²) in [5.74, 6) is -0.364. The molecule has 1 aromatic carbocycles. The van der Waals surface area contributed by atoms with Gasteiger partial charge in [0.05, 0.1) is 4.88 Å². The zero-order valence-corrected chi connectivity index (χ0v) is 15.6. The van der Waals surface area contributed by atoms with Gasteiger partial charge in [-0.1, -0.05) is 6.07 Å². The zero-order valence-electron chi connectivity index (χ0n) is 14.0. The summed E-state index contributed by atoms with van der Waals surface area (Å²) in [6, 6.07) is 7.18. The first-order chi connectivity index (χ1) is 12.1. The first-order valence-electron chi connectivity index (χ1n) is 8.37. The molecule has 4 rings (SSSR count). The molecule has 6 heteroatoms. The van der Waals surface area contributed by atoms with Crippen molar-refractivity contribution in [3.63, 3.8) is 0 Å². The van der Waals surface area contributed by atoms with Crippen LogP contribution in [-0.2, 0) is 13.0 Å². The summed E-state index contributed by atoms with van der Waals surface area (Å²) in [7, 11) is 0. The SMILES string of the molecule is Cc1c(C(=O)NCCN2CCc3sccc3C2)sc2cccc(F)c12. The lowest BCUT2D eigenvalue weighted by molar-refractivity contribution is 0.0951. The molecular weight excluding hydrogens is 355 g/mol. The molecule has 3 nitrogen and oxygen atoms in total. The number of hydrogen-bond donors (Lipinski definition) is 1. The lowest BCUT2D eigenvalue weighted by Gasteiger charge is -2.26. The molecule has 0 fully saturated rings. The van der Waals surface area contributed by atoms with Crippen molar-refractivity contribution in [2.24, 2.45) is 0 Å². The van der Waals surface area contributed by atoms with E-state index in [0.717, 1.165) is 36.3 Å². The van der Waals surface area contributed by atoms with Crippen molar-refractivity contribution in [2.45, 2.75) is 19.9 Å². The highest BCUT2D eigenvalue weighted by molar-refractivity contribution is 7.21. The standard InChI is InChI=1S/C19H19FN2OS2/c1-12-17-14(20)3-2-4-16(17)25-18(12)19(23)21-7-9-22-8-5-15-13(11-22)6-10-24-15/h2-4,6,10H,5,7-9,11H2,1H3,(H,21,23). The van der Waals surface area contributed by atoms with Gasteiger partial charge >= 0.3 is 0 Å². The van der Waals surface area contributed by atoms with Crippen LogP contribution < -0.4 is 5.32 Å². The number of halogens is 1. The van der Waals surface area contributed by atoms with Crippen LogP contribution in [0.3, 0.4) is 0 Å². The van der Waals surface area contributed by atoms with Crippen molar-refractivity contribution in [2.75, 3.05) is 19.6 Å². The zero-order chi connectivity index (χ0) is 17.4. The van der Waals surface area contributed by atoms with Gasteiger partial charge < -0.3 is 5.32 Å². The number of hydrogen-bond acceptors (Lipinski definition) is 4. The summed E-state index contributed by atoms with van der Waals surface area (Å²) >= 11 is 3.19. The minimum absolute atomic E-state index is 0.105. The van der Waals surface area contributed by atoms with Crippen molar-refractivity contribution in [3.8, 4) is 0 Å². The van der Waals surface area contributed by atoms with Crippen LogP contribution in [0.2, 0.25) is 0 Å². The van der Waals surface area contributed by atoms with E-state index in [1.807, 2.05) is 24.3 Å². The van der Waals surface area contributed by atoms with Gasteiger partial charge in [-0.2, -0.15) is 0 Å². The fraction of sp³-hybridized carbons (Fsp3) is 0.316. The molecule has 0 saturated heterocycles. The van der Waals surface area contributed by atoms with Gasteiger partial charge in [-0.05, 0) is 48.1 Å². The van der Waals surface area contributed by atoms with Crippen molar-refractivity contribution in [1.82, 2.24) is 10.2 Å². The molecular formula is C19H19FN2OS2. The minimum atomic E-state index is -0.259. The van der Waals surface area contributed by atoms with Gasteiger partial charge in [0.15, 0.2) is 0 Å². The second kappa shape index (κ2) is 6.86. The molecule has 0 saturated carbocycles. The molecule has 1 amide bonds. The second-order valence-corrected chi connectivity index (χ2v) is 8.37. The van der Waals surface area contributed by atoms with E-state index >= 15 is 0 Å². The van der Waals surface area contributed by atoms with E-state index in [1.54, 1.807) is 6.07 Å². The second-order valence-electron chi connectivity index (χ2n) is 6.32. The van der Waals surface area contributed by atoms with E-state index in [1.165, 1.54) is 27.8 Å². The number of rotatable bonds is 4. The Balaban J connectivity index is 1.38. The van der Waals surface area contributed by atoms with E-state index in [9.17, 15) is 9.18 Å². The lowest BCUT2D eigenvalue weighted by Crippen LogP contribution is -2.37. The number of benzene rings is 1. The molecule has 1 aliphatic heterocycles. The average Bonchev–Trinajstić information content (AvgIpc) is 3.19. The van der Waals surface area contributed by atoms with E-state index in [2.05, 4.69) is 21.7 Å². The molecule has 3 aromatic rings. The Morgan fingerprint density at radius 1 is 1.36 bits per heavy atom. The Labute approximate surface area is 154 Å². The van der Waals surface area contributed by atoms with Gasteiger partial charge in [-0.15, -0.1) is 22.7 Å². The van der Waals surface area contributed by atoms with E-state index in [4.69, 9.17) is 0 Å². The molecule has 25 heavy (non-hydrogen) atoms. The molecule has 130 valence electrons. The Morgan fingerprint density at radius 2 is 2.24 bits per heavy atom. The summed E-state index contributed by atoms with van der Waals surface area (Å²) in [5, 5.41) is 5.72. The summed E-state index contributed by atoms with van der Waals surface area (Å²) in [6.07, 6.45) is 1.09. The van der Waals surface area contributed by atoms with Gasteiger partial charge in [0.2, 0.25) is 0 Å². The van der Waals surface area contributed by atoms with Crippen molar-refractivity contribution >= 4 is 38.7 Å². The van der Waals surface area contributed by atoms with Gasteiger partial charge in [-0.25, -0.2) is 4.39 Å². The van der Waals surface area contributed by atoms with Crippen LogP contribution in [0.25, 0.3) is 10.1 Å². The third-order valence-corrected chi connectivity index (χ3v) is 6.99. The quantitative estimate of drug-likeness (QED) is 0.742. The maximum absolute atomic E-state index is 14.0. The van der Waals surface area contributed by atoms with Crippen molar-refractivity contribution in [1.29, 1.82) is 0 Å². The molecule has 0 spiro atoms. The van der Waals surface area contributed by atoms with Crippen LogP contribution in [0.5, 0.6) is 0 Å². The fourth-order valence-corrected chi connectivity index (χ4v) is 5.40. The average molecular weight is 375 g/mol. The first kappa shape index (κ1) is 16.7. The topological polar surface area (TPSA) is 32.3 Å². The van der Waals surface area contributed by atoms with E-state index < -0.39 is 0 Å². The highest BCUT2D eigenvalue weighted by Crippen LogP contribution is 2.32.